The average Bonchev–Trinajstić information content (AvgIpc) is 3.27. The van der Waals surface area contributed by atoms with Crippen LogP contribution in [0.4, 0.5) is 5.69 Å². The summed E-state index contributed by atoms with van der Waals surface area (Å²) in [6, 6.07) is 17.4. The Morgan fingerprint density at radius 2 is 1.72 bits per heavy atom. The molecule has 0 radical (unpaired) electrons. The topological polar surface area (TPSA) is 70.5 Å². The fourth-order valence-electron chi connectivity index (χ4n) is 3.95. The number of halogens is 1. The molecule has 0 bridgehead atoms. The summed E-state index contributed by atoms with van der Waals surface area (Å²) >= 11 is 6.09. The van der Waals surface area contributed by atoms with Gasteiger partial charge in [0.1, 0.15) is 0 Å². The van der Waals surface area contributed by atoms with Crippen LogP contribution in [0.5, 0.6) is 0 Å². The first-order valence-electron chi connectivity index (χ1n) is 10.8. The van der Waals surface area contributed by atoms with E-state index in [0.29, 0.717) is 30.1 Å². The van der Waals surface area contributed by atoms with Gasteiger partial charge in [-0.25, -0.2) is 4.68 Å². The Morgan fingerprint density at radius 1 is 1.00 bits per heavy atom. The number of aromatic nitrogens is 2. The first-order valence-corrected chi connectivity index (χ1v) is 11.1. The normalized spacial score (nSPS) is 13.8. The highest BCUT2D eigenvalue weighted by molar-refractivity contribution is 6.30. The molecule has 0 atom stereocenters. The van der Waals surface area contributed by atoms with Gasteiger partial charge in [0.05, 0.1) is 29.7 Å². The van der Waals surface area contributed by atoms with E-state index in [9.17, 15) is 9.59 Å². The first-order chi connectivity index (χ1) is 15.6. The molecule has 1 aromatic heterocycles. The molecule has 0 unspecified atom stereocenters. The molecule has 166 valence electrons. The lowest BCUT2D eigenvalue weighted by Crippen LogP contribution is -2.51. The monoisotopic (exact) mass is 451 g/mol. The Labute approximate surface area is 192 Å². The molecule has 1 fully saturated rings. The summed E-state index contributed by atoms with van der Waals surface area (Å²) in [5.41, 5.74) is 3.27. The lowest BCUT2D eigenvalue weighted by atomic mass is 10.2. The van der Waals surface area contributed by atoms with Gasteiger partial charge in [-0.05, 0) is 36.8 Å². The van der Waals surface area contributed by atoms with Crippen molar-refractivity contribution >= 4 is 29.1 Å². The SMILES string of the molecule is CCc1c(C(=O)NCC(=O)N2CCN(c3cccc(Cl)c3)CC2)cnn1-c1ccccc1. The van der Waals surface area contributed by atoms with Crippen LogP contribution in [0.25, 0.3) is 5.69 Å². The number of hydrogen-bond donors (Lipinski definition) is 1. The number of para-hydroxylation sites is 1. The zero-order valence-corrected chi connectivity index (χ0v) is 18.8. The second kappa shape index (κ2) is 9.87. The molecule has 1 saturated heterocycles. The van der Waals surface area contributed by atoms with Crippen molar-refractivity contribution in [3.8, 4) is 5.69 Å². The van der Waals surface area contributed by atoms with Crippen molar-refractivity contribution < 1.29 is 9.59 Å². The van der Waals surface area contributed by atoms with Gasteiger partial charge >= 0.3 is 0 Å². The van der Waals surface area contributed by atoms with Gasteiger partial charge in [0.25, 0.3) is 5.91 Å². The number of carbonyl (C=O) groups excluding carboxylic acids is 2. The predicted octanol–water partition coefficient (Wildman–Crippen LogP) is 3.17. The van der Waals surface area contributed by atoms with Crippen LogP contribution in [0.2, 0.25) is 5.02 Å². The van der Waals surface area contributed by atoms with Gasteiger partial charge in [0.2, 0.25) is 5.91 Å². The highest BCUT2D eigenvalue weighted by atomic mass is 35.5. The third-order valence-electron chi connectivity index (χ3n) is 5.66. The zero-order valence-electron chi connectivity index (χ0n) is 18.0. The molecule has 7 nitrogen and oxygen atoms in total. The summed E-state index contributed by atoms with van der Waals surface area (Å²) in [4.78, 5) is 29.4. The third-order valence-corrected chi connectivity index (χ3v) is 5.89. The fraction of sp³-hybridized carbons (Fsp3) is 0.292. The van der Waals surface area contributed by atoms with Crippen LogP contribution >= 0.6 is 11.6 Å². The number of nitrogens with zero attached hydrogens (tertiary/aromatic N) is 4. The largest absolute Gasteiger partial charge is 0.368 e. The highest BCUT2D eigenvalue weighted by Gasteiger charge is 2.23. The van der Waals surface area contributed by atoms with Gasteiger partial charge in [0, 0.05) is 36.9 Å². The van der Waals surface area contributed by atoms with Crippen molar-refractivity contribution in [2.24, 2.45) is 0 Å². The van der Waals surface area contributed by atoms with Crippen molar-refractivity contribution in [3.63, 3.8) is 0 Å². The number of anilines is 1. The predicted molar refractivity (Wildman–Crippen MR) is 126 cm³/mol. The van der Waals surface area contributed by atoms with E-state index >= 15 is 0 Å². The Morgan fingerprint density at radius 3 is 2.41 bits per heavy atom. The number of benzene rings is 2. The number of carbonyl (C=O) groups is 2. The van der Waals surface area contributed by atoms with E-state index in [4.69, 9.17) is 11.6 Å². The van der Waals surface area contributed by atoms with Gasteiger partial charge in [-0.3, -0.25) is 9.59 Å². The summed E-state index contributed by atoms with van der Waals surface area (Å²) in [6.07, 6.45) is 2.21. The zero-order chi connectivity index (χ0) is 22.5. The molecule has 8 heteroatoms. The number of hydrogen-bond acceptors (Lipinski definition) is 4. The quantitative estimate of drug-likeness (QED) is 0.625. The van der Waals surface area contributed by atoms with Crippen molar-refractivity contribution in [2.45, 2.75) is 13.3 Å². The van der Waals surface area contributed by atoms with E-state index in [2.05, 4.69) is 15.3 Å². The number of amides is 2. The molecule has 2 aromatic carbocycles. The molecular weight excluding hydrogens is 426 g/mol. The van der Waals surface area contributed by atoms with E-state index in [0.717, 1.165) is 30.2 Å². The van der Waals surface area contributed by atoms with Crippen LogP contribution in [0, 0.1) is 0 Å². The molecule has 1 aliphatic rings. The number of nitrogens with one attached hydrogen (secondary N) is 1. The highest BCUT2D eigenvalue weighted by Crippen LogP contribution is 2.21. The standard InChI is InChI=1S/C24H26ClN5O2/c1-2-22-21(16-27-30(22)19-8-4-3-5-9-19)24(32)26-17-23(31)29-13-11-28(12-14-29)20-10-6-7-18(25)15-20/h3-10,15-16H,2,11-14,17H2,1H3,(H,26,32). The van der Waals surface area contributed by atoms with Crippen molar-refractivity contribution in [1.82, 2.24) is 20.0 Å². The molecule has 4 rings (SSSR count). The molecule has 0 spiro atoms. The molecular formula is C24H26ClN5O2. The molecule has 0 saturated carbocycles. The van der Waals surface area contributed by atoms with Crippen LogP contribution in [-0.2, 0) is 11.2 Å². The Kier molecular flexibility index (Phi) is 6.75. The van der Waals surface area contributed by atoms with Gasteiger partial charge in [-0.2, -0.15) is 5.10 Å². The third kappa shape index (κ3) is 4.78. The molecule has 32 heavy (non-hydrogen) atoms. The minimum atomic E-state index is -0.282. The lowest BCUT2D eigenvalue weighted by Gasteiger charge is -2.36. The molecule has 0 aliphatic carbocycles. The van der Waals surface area contributed by atoms with Crippen molar-refractivity contribution in [1.29, 1.82) is 0 Å². The minimum absolute atomic E-state index is 0.0321. The fourth-order valence-corrected chi connectivity index (χ4v) is 4.13. The maximum absolute atomic E-state index is 12.8. The summed E-state index contributed by atoms with van der Waals surface area (Å²) in [5, 5.41) is 7.86. The van der Waals surface area contributed by atoms with Crippen molar-refractivity contribution in [3.05, 3.63) is 77.1 Å². The van der Waals surface area contributed by atoms with Crippen LogP contribution in [0.3, 0.4) is 0 Å². The van der Waals surface area contributed by atoms with Crippen LogP contribution in [-0.4, -0.2) is 59.2 Å². The molecule has 2 heterocycles. The maximum atomic E-state index is 12.8. The molecule has 3 aromatic rings. The Balaban J connectivity index is 1.33. The molecule has 1 aliphatic heterocycles. The van der Waals surface area contributed by atoms with Crippen LogP contribution < -0.4 is 10.2 Å². The lowest BCUT2D eigenvalue weighted by molar-refractivity contribution is -0.130. The van der Waals surface area contributed by atoms with Gasteiger partial charge in [0.15, 0.2) is 0 Å². The van der Waals surface area contributed by atoms with E-state index in [1.807, 2.05) is 61.5 Å². The maximum Gasteiger partial charge on any atom is 0.255 e. The summed E-state index contributed by atoms with van der Waals surface area (Å²) in [5.74, 6) is -0.368. The van der Waals surface area contributed by atoms with E-state index in [1.165, 1.54) is 0 Å². The first kappa shape index (κ1) is 21.9. The van der Waals surface area contributed by atoms with Gasteiger partial charge in [-0.15, -0.1) is 0 Å². The number of piperazine rings is 1. The Bertz CT molecular complexity index is 1090. The van der Waals surface area contributed by atoms with E-state index in [-0.39, 0.29) is 18.4 Å². The van der Waals surface area contributed by atoms with E-state index < -0.39 is 0 Å². The van der Waals surface area contributed by atoms with Gasteiger partial charge < -0.3 is 15.1 Å². The average molecular weight is 452 g/mol. The molecule has 2 amide bonds. The summed E-state index contributed by atoms with van der Waals surface area (Å²) in [6.45, 7) is 4.61. The van der Waals surface area contributed by atoms with Crippen LogP contribution in [0.1, 0.15) is 23.0 Å². The summed E-state index contributed by atoms with van der Waals surface area (Å²) < 4.78 is 1.77. The summed E-state index contributed by atoms with van der Waals surface area (Å²) in [7, 11) is 0. The second-order valence-corrected chi connectivity index (χ2v) is 8.07. The minimum Gasteiger partial charge on any atom is -0.368 e. The van der Waals surface area contributed by atoms with E-state index in [1.54, 1.807) is 15.8 Å². The Hall–Kier alpha value is -3.32. The second-order valence-electron chi connectivity index (χ2n) is 7.64. The smallest absolute Gasteiger partial charge is 0.255 e. The molecule has 1 N–H and O–H groups in total. The van der Waals surface area contributed by atoms with Crippen molar-refractivity contribution in [2.75, 3.05) is 37.6 Å². The number of rotatable bonds is 6. The van der Waals surface area contributed by atoms with Gasteiger partial charge in [-0.1, -0.05) is 42.8 Å². The van der Waals surface area contributed by atoms with Crippen LogP contribution in [0.15, 0.2) is 60.8 Å².